The summed E-state index contributed by atoms with van der Waals surface area (Å²) in [6.45, 7) is 4.25. The lowest BCUT2D eigenvalue weighted by Crippen LogP contribution is -2.09. The molecular weight excluding hydrogens is 324 g/mol. The number of ether oxygens (including phenoxy) is 1. The molecule has 0 amide bonds. The summed E-state index contributed by atoms with van der Waals surface area (Å²) in [7, 11) is 0. The van der Waals surface area contributed by atoms with E-state index < -0.39 is 0 Å². The van der Waals surface area contributed by atoms with Gasteiger partial charge in [0.2, 0.25) is 0 Å². The van der Waals surface area contributed by atoms with Crippen LogP contribution in [0, 0.1) is 6.92 Å². The van der Waals surface area contributed by atoms with Crippen molar-refractivity contribution in [2.45, 2.75) is 30.4 Å². The van der Waals surface area contributed by atoms with Crippen LogP contribution < -0.4 is 5.73 Å². The van der Waals surface area contributed by atoms with Crippen LogP contribution in [0.5, 0.6) is 0 Å². The minimum atomic E-state index is -0.297. The molecular formula is C17H18N4O2S. The predicted octanol–water partition coefficient (Wildman–Crippen LogP) is 3.04. The normalized spacial score (nSPS) is 10.9. The molecule has 124 valence electrons. The first-order valence-electron chi connectivity index (χ1n) is 7.54. The first-order valence-corrected chi connectivity index (χ1v) is 8.35. The van der Waals surface area contributed by atoms with Gasteiger partial charge in [-0.25, -0.2) is 9.97 Å². The van der Waals surface area contributed by atoms with Crippen LogP contribution >= 0.6 is 11.8 Å². The Hall–Kier alpha value is -2.54. The fourth-order valence-corrected chi connectivity index (χ4v) is 3.40. The van der Waals surface area contributed by atoms with Gasteiger partial charge >= 0.3 is 5.97 Å². The van der Waals surface area contributed by atoms with Gasteiger partial charge in [0.15, 0.2) is 11.0 Å². The van der Waals surface area contributed by atoms with E-state index in [0.717, 1.165) is 15.6 Å². The number of esters is 1. The van der Waals surface area contributed by atoms with Crippen molar-refractivity contribution in [3.05, 3.63) is 42.1 Å². The van der Waals surface area contributed by atoms with Gasteiger partial charge in [0.1, 0.15) is 12.1 Å². The molecule has 1 aromatic carbocycles. The molecule has 0 fully saturated rings. The summed E-state index contributed by atoms with van der Waals surface area (Å²) in [5.41, 5.74) is 8.67. The quantitative estimate of drug-likeness (QED) is 0.718. The maximum atomic E-state index is 11.0. The Balaban J connectivity index is 2.00. The molecule has 2 aromatic heterocycles. The molecule has 3 rings (SSSR count). The first kappa shape index (κ1) is 16.3. The molecule has 0 aliphatic carbocycles. The lowest BCUT2D eigenvalue weighted by molar-refractivity contribution is -0.141. The van der Waals surface area contributed by atoms with Gasteiger partial charge < -0.3 is 15.0 Å². The smallest absolute Gasteiger partial charge is 0.302 e. The highest BCUT2D eigenvalue weighted by atomic mass is 32.2. The molecule has 0 aliphatic heterocycles. The number of carbonyl (C=O) groups excluding carboxylic acids is 1. The Morgan fingerprint density at radius 2 is 2.12 bits per heavy atom. The lowest BCUT2D eigenvalue weighted by atomic mass is 10.2. The summed E-state index contributed by atoms with van der Waals surface area (Å²) in [5, 5.41) is 0.797. The Kier molecular flexibility index (Phi) is 4.71. The largest absolute Gasteiger partial charge is 0.464 e. The summed E-state index contributed by atoms with van der Waals surface area (Å²) in [4.78, 5) is 20.9. The number of pyridine rings is 1. The number of nitrogens with two attached hydrogens (primary N) is 1. The molecule has 0 radical (unpaired) electrons. The molecule has 3 aromatic rings. The van der Waals surface area contributed by atoms with E-state index in [0.29, 0.717) is 17.9 Å². The van der Waals surface area contributed by atoms with Gasteiger partial charge in [-0.05, 0) is 24.6 Å². The van der Waals surface area contributed by atoms with E-state index in [2.05, 4.69) is 29.0 Å². The number of hydrogen-bond acceptors (Lipinski definition) is 6. The molecule has 2 heterocycles. The van der Waals surface area contributed by atoms with Gasteiger partial charge in [0, 0.05) is 18.0 Å². The second kappa shape index (κ2) is 6.92. The third kappa shape index (κ3) is 3.35. The van der Waals surface area contributed by atoms with Crippen molar-refractivity contribution in [3.8, 4) is 0 Å². The van der Waals surface area contributed by atoms with Crippen molar-refractivity contribution in [2.24, 2.45) is 0 Å². The van der Waals surface area contributed by atoms with Crippen LogP contribution in [0.3, 0.4) is 0 Å². The van der Waals surface area contributed by atoms with Crippen LogP contribution in [0.15, 0.2) is 46.6 Å². The number of fused-ring (bicyclic) bond motifs is 1. The molecule has 0 saturated carbocycles. The number of imidazole rings is 1. The maximum Gasteiger partial charge on any atom is 0.302 e. The van der Waals surface area contributed by atoms with E-state index in [9.17, 15) is 4.79 Å². The van der Waals surface area contributed by atoms with E-state index >= 15 is 0 Å². The highest BCUT2D eigenvalue weighted by Crippen LogP contribution is 2.33. The van der Waals surface area contributed by atoms with Crippen molar-refractivity contribution in [3.63, 3.8) is 0 Å². The van der Waals surface area contributed by atoms with Crippen LogP contribution in [0.2, 0.25) is 0 Å². The lowest BCUT2D eigenvalue weighted by Gasteiger charge is -2.10. The first-order chi connectivity index (χ1) is 11.6. The summed E-state index contributed by atoms with van der Waals surface area (Å²) in [6, 6.07) is 9.98. The monoisotopic (exact) mass is 342 g/mol. The zero-order valence-electron chi connectivity index (χ0n) is 13.5. The van der Waals surface area contributed by atoms with E-state index in [-0.39, 0.29) is 12.6 Å². The molecule has 24 heavy (non-hydrogen) atoms. The summed E-state index contributed by atoms with van der Waals surface area (Å²) in [6.07, 6.45) is 1.66. The number of benzene rings is 1. The van der Waals surface area contributed by atoms with Gasteiger partial charge in [-0.1, -0.05) is 30.0 Å². The Morgan fingerprint density at radius 1 is 1.33 bits per heavy atom. The number of nitrogens with zero attached hydrogens (tertiary/aromatic N) is 3. The van der Waals surface area contributed by atoms with Crippen LogP contribution in [0.25, 0.3) is 11.0 Å². The second-order valence-electron chi connectivity index (χ2n) is 5.32. The van der Waals surface area contributed by atoms with Crippen molar-refractivity contribution >= 4 is 34.6 Å². The third-order valence-corrected chi connectivity index (χ3v) is 4.75. The molecule has 0 aliphatic rings. The van der Waals surface area contributed by atoms with Crippen LogP contribution in [-0.4, -0.2) is 27.1 Å². The Labute approximate surface area is 144 Å². The minimum absolute atomic E-state index is 0.282. The molecule has 0 saturated heterocycles. The SMILES string of the molecule is CC(=O)OCCn1c(Sc2ccccc2C)nc2c(N)nccc21. The number of nitrogen functional groups attached to an aromatic ring is 1. The third-order valence-electron chi connectivity index (χ3n) is 3.58. The van der Waals surface area contributed by atoms with E-state index in [1.807, 2.05) is 22.8 Å². The fourth-order valence-electron chi connectivity index (χ4n) is 2.39. The number of carbonyl (C=O) groups is 1. The Morgan fingerprint density at radius 3 is 2.88 bits per heavy atom. The van der Waals surface area contributed by atoms with Crippen molar-refractivity contribution in [2.75, 3.05) is 12.3 Å². The standard InChI is InChI=1S/C17H18N4O2S/c1-11-5-3-4-6-14(11)24-17-20-15-13(7-8-19-16(15)18)21(17)9-10-23-12(2)22/h3-8H,9-10H2,1-2H3,(H2,18,19). The van der Waals surface area contributed by atoms with Gasteiger partial charge in [-0.15, -0.1) is 0 Å². The topological polar surface area (TPSA) is 83.0 Å². The van der Waals surface area contributed by atoms with E-state index in [1.54, 1.807) is 18.0 Å². The van der Waals surface area contributed by atoms with Crippen molar-refractivity contribution in [1.29, 1.82) is 0 Å². The molecule has 6 nitrogen and oxygen atoms in total. The van der Waals surface area contributed by atoms with Crippen LogP contribution in [0.4, 0.5) is 5.82 Å². The highest BCUT2D eigenvalue weighted by Gasteiger charge is 2.15. The number of rotatable bonds is 5. The maximum absolute atomic E-state index is 11.0. The van der Waals surface area contributed by atoms with Crippen molar-refractivity contribution in [1.82, 2.24) is 14.5 Å². The second-order valence-corrected chi connectivity index (χ2v) is 6.33. The average Bonchev–Trinajstić information content (AvgIpc) is 2.89. The molecule has 0 spiro atoms. The molecule has 0 bridgehead atoms. The van der Waals surface area contributed by atoms with Gasteiger partial charge in [-0.2, -0.15) is 0 Å². The molecule has 0 unspecified atom stereocenters. The van der Waals surface area contributed by atoms with E-state index in [1.165, 1.54) is 12.5 Å². The van der Waals surface area contributed by atoms with Gasteiger partial charge in [0.25, 0.3) is 0 Å². The number of aromatic nitrogens is 3. The molecule has 0 atom stereocenters. The van der Waals surface area contributed by atoms with E-state index in [4.69, 9.17) is 10.5 Å². The summed E-state index contributed by atoms with van der Waals surface area (Å²) in [5.74, 6) is 0.0964. The number of aryl methyl sites for hydroxylation is 1. The molecule has 7 heteroatoms. The predicted molar refractivity (Wildman–Crippen MR) is 93.9 cm³/mol. The van der Waals surface area contributed by atoms with Gasteiger partial charge in [-0.3, -0.25) is 4.79 Å². The van der Waals surface area contributed by atoms with Crippen LogP contribution in [0.1, 0.15) is 12.5 Å². The number of hydrogen-bond donors (Lipinski definition) is 1. The average molecular weight is 342 g/mol. The summed E-state index contributed by atoms with van der Waals surface area (Å²) >= 11 is 1.56. The van der Waals surface area contributed by atoms with Gasteiger partial charge in [0.05, 0.1) is 12.1 Å². The Bertz CT molecular complexity index is 891. The summed E-state index contributed by atoms with van der Waals surface area (Å²) < 4.78 is 7.09. The van der Waals surface area contributed by atoms with Crippen LogP contribution in [-0.2, 0) is 16.1 Å². The zero-order chi connectivity index (χ0) is 17.1. The molecule has 2 N–H and O–H groups in total. The van der Waals surface area contributed by atoms with Crippen molar-refractivity contribution < 1.29 is 9.53 Å². The highest BCUT2D eigenvalue weighted by molar-refractivity contribution is 7.99. The minimum Gasteiger partial charge on any atom is -0.464 e. The zero-order valence-corrected chi connectivity index (χ0v) is 14.3. The number of anilines is 1. The fraction of sp³-hybridized carbons (Fsp3) is 0.235.